The first-order valence-corrected chi connectivity index (χ1v) is 10.0. The van der Waals surface area contributed by atoms with Crippen LogP contribution in [0.15, 0.2) is 6.33 Å². The topological polar surface area (TPSA) is 145 Å². The van der Waals surface area contributed by atoms with Gasteiger partial charge >= 0.3 is 23.9 Å². The molecule has 1 aliphatic heterocycles. The molecule has 166 valence electrons. The third-order valence-corrected chi connectivity index (χ3v) is 4.48. The quantitative estimate of drug-likeness (QED) is 0.297. The van der Waals surface area contributed by atoms with Crippen molar-refractivity contribution in [2.45, 2.75) is 63.7 Å². The highest BCUT2D eigenvalue weighted by Gasteiger charge is 2.53. The third kappa shape index (κ3) is 5.98. The zero-order valence-corrected chi connectivity index (χ0v) is 18.4. The van der Waals surface area contributed by atoms with E-state index in [-0.39, 0.29) is 6.61 Å². The first-order chi connectivity index (χ1) is 14.1. The van der Waals surface area contributed by atoms with Crippen LogP contribution in [0.3, 0.4) is 0 Å². The number of aromatic nitrogens is 3. The van der Waals surface area contributed by atoms with Gasteiger partial charge in [0.05, 0.1) is 5.33 Å². The lowest BCUT2D eigenvalue weighted by molar-refractivity contribution is -0.270. The Hall–Kier alpha value is -2.54. The number of carbonyl (C=O) groups excluding carboxylic acids is 4. The minimum Gasteiger partial charge on any atom is -0.463 e. The van der Waals surface area contributed by atoms with Gasteiger partial charge in [-0.25, -0.2) is 9.67 Å². The second-order valence-corrected chi connectivity index (χ2v) is 6.91. The molecule has 1 aliphatic rings. The van der Waals surface area contributed by atoms with Crippen LogP contribution in [0.4, 0.5) is 0 Å². The van der Waals surface area contributed by atoms with E-state index >= 15 is 0 Å². The Morgan fingerprint density at radius 1 is 0.967 bits per heavy atom. The van der Waals surface area contributed by atoms with Crippen molar-refractivity contribution in [3.63, 3.8) is 0 Å². The van der Waals surface area contributed by atoms with Gasteiger partial charge in [-0.1, -0.05) is 15.9 Å². The fraction of sp³-hybridized carbons (Fsp3) is 0.647. The Kier molecular flexibility index (Phi) is 8.29. The lowest BCUT2D eigenvalue weighted by Gasteiger charge is -2.44. The Morgan fingerprint density at radius 3 is 2.07 bits per heavy atom. The van der Waals surface area contributed by atoms with Gasteiger partial charge in [0.15, 0.2) is 24.5 Å². The molecule has 1 aromatic rings. The summed E-state index contributed by atoms with van der Waals surface area (Å²) in [4.78, 5) is 50.7. The number of nitrogens with zero attached hydrogens (tertiary/aromatic N) is 3. The summed E-state index contributed by atoms with van der Waals surface area (Å²) in [5.74, 6) is -2.26. The smallest absolute Gasteiger partial charge is 0.303 e. The number of esters is 4. The first-order valence-electron chi connectivity index (χ1n) is 8.88. The normalized spacial score (nSPS) is 25.8. The van der Waals surface area contributed by atoms with Crippen LogP contribution in [0.25, 0.3) is 0 Å². The van der Waals surface area contributed by atoms with Gasteiger partial charge in [0.25, 0.3) is 0 Å². The van der Waals surface area contributed by atoms with Crippen molar-refractivity contribution >= 4 is 39.8 Å². The molecule has 30 heavy (non-hydrogen) atoms. The summed E-state index contributed by atoms with van der Waals surface area (Å²) in [5.41, 5.74) is 0. The Balaban J connectivity index is 2.53. The maximum Gasteiger partial charge on any atom is 0.303 e. The lowest BCUT2D eigenvalue weighted by atomic mass is 9.97. The fourth-order valence-electron chi connectivity index (χ4n) is 2.98. The molecule has 2 rings (SSSR count). The summed E-state index contributed by atoms with van der Waals surface area (Å²) in [6.07, 6.45) is -4.61. The van der Waals surface area contributed by atoms with Gasteiger partial charge in [0, 0.05) is 27.7 Å². The molecule has 0 aromatic carbocycles. The van der Waals surface area contributed by atoms with Crippen LogP contribution in [0.1, 0.15) is 39.7 Å². The van der Waals surface area contributed by atoms with Gasteiger partial charge in [-0.3, -0.25) is 19.2 Å². The fourth-order valence-corrected chi connectivity index (χ4v) is 3.39. The number of carbonyl (C=O) groups is 4. The summed E-state index contributed by atoms with van der Waals surface area (Å²) in [6.45, 7) is 4.36. The second-order valence-electron chi connectivity index (χ2n) is 6.34. The van der Waals surface area contributed by atoms with Crippen molar-refractivity contribution in [1.82, 2.24) is 14.8 Å². The number of alkyl halides is 1. The zero-order chi connectivity index (χ0) is 22.4. The zero-order valence-electron chi connectivity index (χ0n) is 16.8. The van der Waals surface area contributed by atoms with Crippen molar-refractivity contribution in [3.8, 4) is 0 Å². The summed E-state index contributed by atoms with van der Waals surface area (Å²) in [5, 5.41) is 4.39. The highest BCUT2D eigenvalue weighted by Crippen LogP contribution is 2.35. The average molecular weight is 492 g/mol. The van der Waals surface area contributed by atoms with E-state index in [0.29, 0.717) is 11.2 Å². The van der Waals surface area contributed by atoms with Gasteiger partial charge in [0.2, 0.25) is 0 Å². The van der Waals surface area contributed by atoms with E-state index in [4.69, 9.17) is 23.7 Å². The largest absolute Gasteiger partial charge is 0.463 e. The molecular formula is C17H22BrN3O9. The van der Waals surface area contributed by atoms with Gasteiger partial charge in [-0.05, 0) is 0 Å². The van der Waals surface area contributed by atoms with Gasteiger partial charge in [-0.15, -0.1) is 0 Å². The highest BCUT2D eigenvalue weighted by atomic mass is 79.9. The monoisotopic (exact) mass is 491 g/mol. The van der Waals surface area contributed by atoms with Crippen LogP contribution >= 0.6 is 15.9 Å². The molecule has 0 saturated carbocycles. The molecule has 1 saturated heterocycles. The summed E-state index contributed by atoms with van der Waals surface area (Å²) in [7, 11) is 0. The molecule has 0 aliphatic carbocycles. The molecule has 1 aromatic heterocycles. The Labute approximate surface area is 180 Å². The van der Waals surface area contributed by atoms with Crippen molar-refractivity contribution in [2.75, 3.05) is 6.61 Å². The van der Waals surface area contributed by atoms with Gasteiger partial charge < -0.3 is 23.7 Å². The van der Waals surface area contributed by atoms with E-state index in [1.165, 1.54) is 24.9 Å². The van der Waals surface area contributed by atoms with E-state index in [0.717, 1.165) is 13.8 Å². The summed E-state index contributed by atoms with van der Waals surface area (Å²) < 4.78 is 28.4. The van der Waals surface area contributed by atoms with Crippen LogP contribution in [-0.2, 0) is 48.2 Å². The van der Waals surface area contributed by atoms with Crippen LogP contribution in [0, 0.1) is 0 Å². The molecule has 0 spiro atoms. The molecule has 12 nitrogen and oxygen atoms in total. The summed E-state index contributed by atoms with van der Waals surface area (Å²) in [6, 6.07) is 0. The second kappa shape index (κ2) is 10.5. The van der Waals surface area contributed by atoms with Crippen molar-refractivity contribution in [3.05, 3.63) is 12.2 Å². The minimum absolute atomic E-state index is 0.292. The molecule has 0 amide bonds. The van der Waals surface area contributed by atoms with Gasteiger partial charge in [-0.2, -0.15) is 5.10 Å². The maximum absolute atomic E-state index is 11.8. The minimum atomic E-state index is -1.26. The molecule has 5 atom stereocenters. The predicted molar refractivity (Wildman–Crippen MR) is 99.9 cm³/mol. The molecule has 1 fully saturated rings. The number of hydrogen-bond donors (Lipinski definition) is 0. The van der Waals surface area contributed by atoms with E-state index in [1.807, 2.05) is 0 Å². The van der Waals surface area contributed by atoms with E-state index in [9.17, 15) is 19.2 Å². The number of ether oxygens (including phenoxy) is 5. The molecule has 0 bridgehead atoms. The standard InChI is InChI=1S/C17H22BrN3O9/c1-8(22)26-6-12-14(27-9(2)23)15(28-10(3)24)16(29-11(4)25)17(30-12)21-13(5-18)19-7-20-21/h7,12,14-17H,5-6H2,1-4H3/t12-,14-,15-,16-,17+/m0/s1. The average Bonchev–Trinajstić information content (AvgIpc) is 3.10. The molecule has 0 unspecified atom stereocenters. The van der Waals surface area contributed by atoms with Crippen LogP contribution in [0.5, 0.6) is 0 Å². The highest BCUT2D eigenvalue weighted by molar-refractivity contribution is 9.08. The molecule has 0 radical (unpaired) electrons. The van der Waals surface area contributed by atoms with E-state index in [2.05, 4.69) is 26.0 Å². The molecular weight excluding hydrogens is 470 g/mol. The number of hydrogen-bond acceptors (Lipinski definition) is 11. The maximum atomic E-state index is 11.8. The molecule has 13 heteroatoms. The SMILES string of the molecule is CC(=O)OC[C@@H]1O[C@@H](n2ncnc2CBr)[C@@H](OC(C)=O)[C@@H](OC(C)=O)[C@H]1OC(C)=O. The number of halogens is 1. The van der Waals surface area contributed by atoms with Crippen molar-refractivity contribution in [1.29, 1.82) is 0 Å². The van der Waals surface area contributed by atoms with E-state index in [1.54, 1.807) is 0 Å². The van der Waals surface area contributed by atoms with Crippen LogP contribution < -0.4 is 0 Å². The Bertz CT molecular complexity index is 799. The molecule has 2 heterocycles. The summed E-state index contributed by atoms with van der Waals surface area (Å²) >= 11 is 3.28. The Morgan fingerprint density at radius 2 is 1.53 bits per heavy atom. The van der Waals surface area contributed by atoms with Crippen LogP contribution in [0.2, 0.25) is 0 Å². The predicted octanol–water partition coefficient (Wildman–Crippen LogP) is 0.429. The number of rotatable bonds is 7. The van der Waals surface area contributed by atoms with E-state index < -0.39 is 54.5 Å². The lowest BCUT2D eigenvalue weighted by Crippen LogP contribution is -2.60. The third-order valence-electron chi connectivity index (χ3n) is 3.97. The molecule has 0 N–H and O–H groups in total. The van der Waals surface area contributed by atoms with Gasteiger partial charge in [0.1, 0.15) is 24.9 Å². The van der Waals surface area contributed by atoms with Crippen LogP contribution in [-0.4, -0.2) is 69.7 Å². The van der Waals surface area contributed by atoms with Crippen molar-refractivity contribution in [2.24, 2.45) is 0 Å². The van der Waals surface area contributed by atoms with Crippen molar-refractivity contribution < 1.29 is 42.9 Å². The first kappa shape index (κ1) is 23.7.